The number of alkyl carbamates (subject to hydrolysis) is 1. The van der Waals surface area contributed by atoms with Gasteiger partial charge in [0.25, 0.3) is 0 Å². The van der Waals surface area contributed by atoms with Gasteiger partial charge in [-0.15, -0.1) is 6.58 Å². The van der Waals surface area contributed by atoms with Crippen molar-refractivity contribution >= 4 is 12.0 Å². The quantitative estimate of drug-likeness (QED) is 0.431. The molecule has 0 saturated heterocycles. The fourth-order valence-corrected chi connectivity index (χ4v) is 6.18. The highest BCUT2D eigenvalue weighted by molar-refractivity contribution is 5.76. The molecule has 3 rings (SSSR count). The molecule has 7 nitrogen and oxygen atoms in total. The lowest BCUT2D eigenvalue weighted by Crippen LogP contribution is -2.61. The third-order valence-corrected chi connectivity index (χ3v) is 8.12. The van der Waals surface area contributed by atoms with E-state index >= 15 is 0 Å². The number of aliphatic hydroxyl groups is 2. The summed E-state index contributed by atoms with van der Waals surface area (Å²) in [6, 6.07) is 5.96. The first-order valence-corrected chi connectivity index (χ1v) is 12.0. The summed E-state index contributed by atoms with van der Waals surface area (Å²) in [6.07, 6.45) is 2.47. The number of benzene rings is 1. The number of aliphatic hydroxyl groups excluding tert-OH is 2. The van der Waals surface area contributed by atoms with Crippen LogP contribution in [-0.4, -0.2) is 47.6 Å². The first-order valence-electron chi connectivity index (χ1n) is 12.0. The van der Waals surface area contributed by atoms with E-state index < -0.39 is 29.1 Å². The summed E-state index contributed by atoms with van der Waals surface area (Å²) >= 11 is 0. The first-order chi connectivity index (χ1) is 16.1. The van der Waals surface area contributed by atoms with Crippen molar-refractivity contribution in [3.8, 4) is 0 Å². The molecule has 2 aliphatic rings. The van der Waals surface area contributed by atoms with E-state index in [1.165, 1.54) is 12.1 Å². The number of nitrogens with one attached hydrogen (secondary N) is 2. The second-order valence-corrected chi connectivity index (χ2v) is 10.2. The van der Waals surface area contributed by atoms with Crippen LogP contribution in [0.4, 0.5) is 9.18 Å². The molecule has 34 heavy (non-hydrogen) atoms. The van der Waals surface area contributed by atoms with Crippen molar-refractivity contribution < 1.29 is 28.9 Å². The highest BCUT2D eigenvalue weighted by Crippen LogP contribution is 2.61. The number of amides is 2. The number of carbonyl (C=O) groups excluding carboxylic acids is 2. The molecule has 188 valence electrons. The number of hydrogen-bond acceptors (Lipinski definition) is 5. The van der Waals surface area contributed by atoms with E-state index in [1.807, 2.05) is 6.92 Å². The van der Waals surface area contributed by atoms with Gasteiger partial charge in [0.2, 0.25) is 5.91 Å². The van der Waals surface area contributed by atoms with Crippen LogP contribution in [0.1, 0.15) is 51.5 Å². The molecule has 2 saturated carbocycles. The van der Waals surface area contributed by atoms with Gasteiger partial charge in [0, 0.05) is 24.9 Å². The fraction of sp³-hybridized carbons (Fsp3) is 0.615. The largest absolute Gasteiger partial charge is 0.446 e. The summed E-state index contributed by atoms with van der Waals surface area (Å²) in [5.74, 6) is -0.831. The van der Waals surface area contributed by atoms with Gasteiger partial charge in [0.1, 0.15) is 11.9 Å². The van der Waals surface area contributed by atoms with Crippen molar-refractivity contribution in [2.45, 2.75) is 64.7 Å². The van der Waals surface area contributed by atoms with Gasteiger partial charge in [0.15, 0.2) is 0 Å². The Labute approximate surface area is 200 Å². The lowest BCUT2D eigenvalue weighted by Gasteiger charge is -2.60. The Morgan fingerprint density at radius 3 is 2.56 bits per heavy atom. The normalized spacial score (nSPS) is 32.9. The number of carbonyl (C=O) groups is 2. The van der Waals surface area contributed by atoms with Gasteiger partial charge in [-0.05, 0) is 60.6 Å². The lowest BCUT2D eigenvalue weighted by atomic mass is 9.46. The summed E-state index contributed by atoms with van der Waals surface area (Å²) in [5.41, 5.74) is -0.301. The minimum atomic E-state index is -0.693. The molecule has 2 aliphatic carbocycles. The molecule has 1 aromatic rings. The number of hydrogen-bond donors (Lipinski definition) is 4. The second kappa shape index (κ2) is 10.9. The van der Waals surface area contributed by atoms with Crippen LogP contribution < -0.4 is 10.6 Å². The van der Waals surface area contributed by atoms with Crippen LogP contribution in [0.2, 0.25) is 0 Å². The van der Waals surface area contributed by atoms with Gasteiger partial charge in [-0.1, -0.05) is 32.1 Å². The van der Waals surface area contributed by atoms with Crippen LogP contribution in [0.15, 0.2) is 36.9 Å². The van der Waals surface area contributed by atoms with E-state index in [2.05, 4.69) is 24.1 Å². The van der Waals surface area contributed by atoms with Crippen LogP contribution in [-0.2, 0) is 16.1 Å². The Balaban J connectivity index is 1.71. The Bertz CT molecular complexity index is 878. The molecule has 8 heteroatoms. The molecule has 0 bridgehead atoms. The average Bonchev–Trinajstić information content (AvgIpc) is 2.81. The zero-order valence-corrected chi connectivity index (χ0v) is 20.1. The summed E-state index contributed by atoms with van der Waals surface area (Å²) in [7, 11) is 0. The topological polar surface area (TPSA) is 108 Å². The molecule has 2 fully saturated rings. The first kappa shape index (κ1) is 26.2. The third kappa shape index (κ3) is 5.44. The third-order valence-electron chi connectivity index (χ3n) is 8.12. The van der Waals surface area contributed by atoms with Crippen molar-refractivity contribution in [2.75, 3.05) is 13.2 Å². The predicted molar refractivity (Wildman–Crippen MR) is 126 cm³/mol. The van der Waals surface area contributed by atoms with E-state index in [1.54, 1.807) is 18.2 Å². The molecule has 0 radical (unpaired) electrons. The number of rotatable bonds is 8. The Morgan fingerprint density at radius 2 is 1.91 bits per heavy atom. The van der Waals surface area contributed by atoms with Crippen molar-refractivity contribution in [1.82, 2.24) is 10.6 Å². The van der Waals surface area contributed by atoms with Crippen LogP contribution >= 0.6 is 0 Å². The maximum Gasteiger partial charge on any atom is 0.407 e. The van der Waals surface area contributed by atoms with Crippen LogP contribution in [0.5, 0.6) is 0 Å². The van der Waals surface area contributed by atoms with Crippen molar-refractivity contribution in [3.63, 3.8) is 0 Å². The van der Waals surface area contributed by atoms with Gasteiger partial charge >= 0.3 is 6.09 Å². The van der Waals surface area contributed by atoms with Crippen molar-refractivity contribution in [1.29, 1.82) is 0 Å². The Morgan fingerprint density at radius 1 is 1.21 bits per heavy atom. The van der Waals surface area contributed by atoms with E-state index in [0.29, 0.717) is 32.2 Å². The molecule has 0 aliphatic heterocycles. The smallest absolute Gasteiger partial charge is 0.407 e. The molecule has 2 amide bonds. The summed E-state index contributed by atoms with van der Waals surface area (Å²) < 4.78 is 18.8. The standard InChI is InChI=1S/C26H37FN2O5/c1-4-13-28-24(33)34-22-11-12-25(2)19(20(31)9-10-21(25)26(22,3)16-30)14-23(32)29-15-17-5-7-18(27)8-6-17/h4-8,19-22,30-31H,1,9-16H2,2-3H3,(H,28,33)(H,29,32)/t19-,20-,21?,22-,25+,26+/m1/s1. The Kier molecular flexibility index (Phi) is 8.36. The number of halogens is 1. The minimum absolute atomic E-state index is 0.0331. The van der Waals surface area contributed by atoms with Gasteiger partial charge in [0.05, 0.1) is 12.7 Å². The minimum Gasteiger partial charge on any atom is -0.446 e. The zero-order chi connectivity index (χ0) is 24.9. The maximum atomic E-state index is 13.1. The van der Waals surface area contributed by atoms with Crippen molar-refractivity contribution in [3.05, 3.63) is 48.3 Å². The highest BCUT2D eigenvalue weighted by atomic mass is 19.1. The second-order valence-electron chi connectivity index (χ2n) is 10.2. The van der Waals surface area contributed by atoms with Crippen LogP contribution in [0.25, 0.3) is 0 Å². The van der Waals surface area contributed by atoms with Gasteiger partial charge in [-0.3, -0.25) is 4.79 Å². The van der Waals surface area contributed by atoms with Crippen LogP contribution in [0, 0.1) is 28.5 Å². The number of fused-ring (bicyclic) bond motifs is 1. The molecule has 4 N–H and O–H groups in total. The Hall–Kier alpha value is -2.45. The average molecular weight is 477 g/mol. The molecule has 6 atom stereocenters. The van der Waals surface area contributed by atoms with Gasteiger partial charge < -0.3 is 25.6 Å². The van der Waals surface area contributed by atoms with E-state index in [-0.39, 0.29) is 43.1 Å². The van der Waals surface area contributed by atoms with E-state index in [0.717, 1.165) is 5.56 Å². The van der Waals surface area contributed by atoms with Crippen LogP contribution in [0.3, 0.4) is 0 Å². The van der Waals surface area contributed by atoms with E-state index in [4.69, 9.17) is 4.74 Å². The van der Waals surface area contributed by atoms with E-state index in [9.17, 15) is 24.2 Å². The summed E-state index contributed by atoms with van der Waals surface area (Å²) in [4.78, 5) is 25.0. The van der Waals surface area contributed by atoms with Crippen molar-refractivity contribution in [2.24, 2.45) is 22.7 Å². The van der Waals surface area contributed by atoms with Gasteiger partial charge in [-0.2, -0.15) is 0 Å². The SMILES string of the molecule is C=CCNC(=O)O[C@@H]1CC[C@]2(C)C(CC[C@@H](O)[C@H]2CC(=O)NCc2ccc(F)cc2)[C@]1(C)CO. The lowest BCUT2D eigenvalue weighted by molar-refractivity contribution is -0.185. The summed E-state index contributed by atoms with van der Waals surface area (Å²) in [6.45, 7) is 8.01. The highest BCUT2D eigenvalue weighted by Gasteiger charge is 2.60. The fourth-order valence-electron chi connectivity index (χ4n) is 6.18. The number of ether oxygens (including phenoxy) is 1. The molecule has 0 aromatic heterocycles. The molecule has 0 heterocycles. The monoisotopic (exact) mass is 476 g/mol. The maximum absolute atomic E-state index is 13.1. The molecule has 0 spiro atoms. The zero-order valence-electron chi connectivity index (χ0n) is 20.1. The molecule has 1 aromatic carbocycles. The molecular formula is C26H37FN2O5. The molecule has 1 unspecified atom stereocenters. The van der Waals surface area contributed by atoms with Gasteiger partial charge in [-0.25, -0.2) is 9.18 Å². The predicted octanol–water partition coefficient (Wildman–Crippen LogP) is 3.30. The summed E-state index contributed by atoms with van der Waals surface area (Å²) in [5, 5.41) is 26.8. The molecular weight excluding hydrogens is 439 g/mol.